The van der Waals surface area contributed by atoms with E-state index in [1.807, 2.05) is 6.07 Å². The quantitative estimate of drug-likeness (QED) is 0.536. The molecule has 4 fully saturated rings. The van der Waals surface area contributed by atoms with Crippen LogP contribution in [0.3, 0.4) is 0 Å². The van der Waals surface area contributed by atoms with E-state index in [0.717, 1.165) is 63.4 Å². The SMILES string of the molecule is C[C@]12CC[C@H](NC(=O)NCCN)C[C@H]1CC[C@@H]1[C@@H]2CC[C@]2(C)[C@@H](c3ccc(=O)oc3)CC[C@]12O. The highest BCUT2D eigenvalue weighted by Crippen LogP contribution is 2.70. The van der Waals surface area contributed by atoms with Crippen molar-refractivity contribution in [2.24, 2.45) is 34.3 Å². The first-order chi connectivity index (χ1) is 16.2. The van der Waals surface area contributed by atoms with Gasteiger partial charge >= 0.3 is 11.7 Å². The van der Waals surface area contributed by atoms with Crippen molar-refractivity contribution in [2.45, 2.75) is 89.2 Å². The predicted octanol–water partition coefficient (Wildman–Crippen LogP) is 3.51. The summed E-state index contributed by atoms with van der Waals surface area (Å²) in [5.41, 5.74) is 5.57. The number of rotatable bonds is 4. The molecular weight excluding hydrogens is 430 g/mol. The molecule has 7 heteroatoms. The third-order valence-corrected chi connectivity index (χ3v) is 10.7. The molecule has 0 radical (unpaired) electrons. The fourth-order valence-electron chi connectivity index (χ4n) is 8.88. The second-order valence-electron chi connectivity index (χ2n) is 12.0. The van der Waals surface area contributed by atoms with E-state index in [0.29, 0.717) is 30.8 Å². The van der Waals surface area contributed by atoms with Crippen molar-refractivity contribution < 1.29 is 14.3 Å². The zero-order valence-electron chi connectivity index (χ0n) is 20.6. The zero-order valence-corrected chi connectivity index (χ0v) is 20.6. The van der Waals surface area contributed by atoms with E-state index >= 15 is 0 Å². The number of amides is 2. The van der Waals surface area contributed by atoms with Crippen LogP contribution in [-0.2, 0) is 0 Å². The molecular formula is C27H41N3O4. The molecule has 188 valence electrons. The van der Waals surface area contributed by atoms with E-state index in [4.69, 9.17) is 10.2 Å². The van der Waals surface area contributed by atoms with Crippen LogP contribution in [0.2, 0.25) is 0 Å². The first kappa shape index (κ1) is 23.9. The van der Waals surface area contributed by atoms with Crippen LogP contribution in [-0.4, -0.2) is 35.9 Å². The Hall–Kier alpha value is -1.86. The molecule has 7 nitrogen and oxygen atoms in total. The second kappa shape index (κ2) is 8.66. The smallest absolute Gasteiger partial charge is 0.335 e. The summed E-state index contributed by atoms with van der Waals surface area (Å²) in [5, 5.41) is 18.3. The Morgan fingerprint density at radius 3 is 2.68 bits per heavy atom. The summed E-state index contributed by atoms with van der Waals surface area (Å²) in [7, 11) is 0. The highest BCUT2D eigenvalue weighted by atomic mass is 16.4. The van der Waals surface area contributed by atoms with Crippen LogP contribution in [0.1, 0.15) is 83.1 Å². The zero-order chi connectivity index (χ0) is 24.1. The van der Waals surface area contributed by atoms with Crippen molar-refractivity contribution in [3.05, 3.63) is 34.4 Å². The lowest BCUT2D eigenvalue weighted by Crippen LogP contribution is -2.62. The maximum atomic E-state index is 12.3. The van der Waals surface area contributed by atoms with Crippen LogP contribution >= 0.6 is 0 Å². The van der Waals surface area contributed by atoms with Gasteiger partial charge in [0.15, 0.2) is 0 Å². The Kier molecular flexibility index (Phi) is 6.08. The summed E-state index contributed by atoms with van der Waals surface area (Å²) < 4.78 is 5.20. The van der Waals surface area contributed by atoms with Gasteiger partial charge in [-0.1, -0.05) is 13.8 Å². The molecule has 1 heterocycles. The Balaban J connectivity index is 1.33. The lowest BCUT2D eigenvalue weighted by molar-refractivity contribution is -0.201. The van der Waals surface area contributed by atoms with Gasteiger partial charge in [0, 0.05) is 30.6 Å². The van der Waals surface area contributed by atoms with Gasteiger partial charge in [-0.3, -0.25) is 0 Å². The average Bonchev–Trinajstić information content (AvgIpc) is 3.10. The molecule has 0 bridgehead atoms. The number of hydrogen-bond donors (Lipinski definition) is 4. The molecule has 4 saturated carbocycles. The number of aliphatic hydroxyl groups is 1. The molecule has 0 spiro atoms. The molecule has 4 aliphatic carbocycles. The van der Waals surface area contributed by atoms with Gasteiger partial charge in [0.25, 0.3) is 0 Å². The van der Waals surface area contributed by atoms with Gasteiger partial charge in [0.1, 0.15) is 0 Å². The number of nitrogens with one attached hydrogen (secondary N) is 2. The van der Waals surface area contributed by atoms with Crippen molar-refractivity contribution in [3.63, 3.8) is 0 Å². The van der Waals surface area contributed by atoms with Gasteiger partial charge < -0.3 is 25.9 Å². The van der Waals surface area contributed by atoms with Crippen molar-refractivity contribution in [1.29, 1.82) is 0 Å². The van der Waals surface area contributed by atoms with Gasteiger partial charge in [-0.15, -0.1) is 0 Å². The predicted molar refractivity (Wildman–Crippen MR) is 130 cm³/mol. The fraction of sp³-hybridized carbons (Fsp3) is 0.778. The maximum Gasteiger partial charge on any atom is 0.335 e. The Bertz CT molecular complexity index is 960. The number of nitrogens with two attached hydrogens (primary N) is 1. The highest BCUT2D eigenvalue weighted by Gasteiger charge is 2.67. The lowest BCUT2D eigenvalue weighted by atomic mass is 9.43. The molecule has 2 amide bonds. The topological polar surface area (TPSA) is 118 Å². The first-order valence-electron chi connectivity index (χ1n) is 13.3. The molecule has 1 aromatic rings. The molecule has 5 N–H and O–H groups in total. The molecule has 1 aromatic heterocycles. The molecule has 34 heavy (non-hydrogen) atoms. The van der Waals surface area contributed by atoms with Gasteiger partial charge in [-0.25, -0.2) is 9.59 Å². The molecule has 8 atom stereocenters. The summed E-state index contributed by atoms with van der Waals surface area (Å²) >= 11 is 0. The largest absolute Gasteiger partial charge is 0.431 e. The van der Waals surface area contributed by atoms with Crippen LogP contribution in [0.4, 0.5) is 4.79 Å². The van der Waals surface area contributed by atoms with Crippen LogP contribution < -0.4 is 22.0 Å². The summed E-state index contributed by atoms with van der Waals surface area (Å²) in [6.45, 7) is 5.69. The minimum atomic E-state index is -0.679. The lowest BCUT2D eigenvalue weighted by Gasteiger charge is -2.63. The number of carbonyl (C=O) groups is 1. The van der Waals surface area contributed by atoms with E-state index in [-0.39, 0.29) is 34.4 Å². The van der Waals surface area contributed by atoms with Crippen molar-refractivity contribution in [3.8, 4) is 0 Å². The fourth-order valence-corrected chi connectivity index (χ4v) is 8.88. The molecule has 0 saturated heterocycles. The van der Waals surface area contributed by atoms with Gasteiger partial charge in [0.2, 0.25) is 0 Å². The van der Waals surface area contributed by atoms with E-state index in [1.54, 1.807) is 6.26 Å². The molecule has 4 aliphatic rings. The van der Waals surface area contributed by atoms with E-state index in [2.05, 4.69) is 24.5 Å². The summed E-state index contributed by atoms with van der Waals surface area (Å²) in [6.07, 6.45) is 10.8. The summed E-state index contributed by atoms with van der Waals surface area (Å²) in [4.78, 5) is 23.7. The first-order valence-corrected chi connectivity index (χ1v) is 13.3. The number of urea groups is 1. The van der Waals surface area contributed by atoms with Gasteiger partial charge in [0.05, 0.1) is 11.9 Å². The van der Waals surface area contributed by atoms with Crippen LogP contribution in [0.5, 0.6) is 0 Å². The Morgan fingerprint density at radius 2 is 1.94 bits per heavy atom. The summed E-state index contributed by atoms with van der Waals surface area (Å²) in [6, 6.07) is 3.52. The molecule has 5 rings (SSSR count). The minimum Gasteiger partial charge on any atom is -0.431 e. The summed E-state index contributed by atoms with van der Waals surface area (Å²) in [5.74, 6) is 1.63. The van der Waals surface area contributed by atoms with Crippen LogP contribution in [0.25, 0.3) is 0 Å². The van der Waals surface area contributed by atoms with E-state index in [9.17, 15) is 14.7 Å². The number of hydrogen-bond acceptors (Lipinski definition) is 5. The molecule has 0 aliphatic heterocycles. The normalized spacial score (nSPS) is 43.4. The van der Waals surface area contributed by atoms with Gasteiger partial charge in [-0.2, -0.15) is 0 Å². The third-order valence-electron chi connectivity index (χ3n) is 10.7. The third kappa shape index (κ3) is 3.62. The Labute approximate surface area is 202 Å². The number of fused-ring (bicyclic) bond motifs is 5. The van der Waals surface area contributed by atoms with E-state index in [1.165, 1.54) is 6.07 Å². The maximum absolute atomic E-state index is 12.3. The molecule has 0 unspecified atom stereocenters. The van der Waals surface area contributed by atoms with E-state index < -0.39 is 5.60 Å². The number of carbonyl (C=O) groups excluding carboxylic acids is 1. The Morgan fingerprint density at radius 1 is 1.12 bits per heavy atom. The van der Waals surface area contributed by atoms with Crippen LogP contribution in [0, 0.1) is 28.6 Å². The van der Waals surface area contributed by atoms with Crippen molar-refractivity contribution in [1.82, 2.24) is 10.6 Å². The average molecular weight is 472 g/mol. The minimum absolute atomic E-state index is 0.107. The monoisotopic (exact) mass is 471 g/mol. The molecule has 0 aromatic carbocycles. The van der Waals surface area contributed by atoms with Crippen molar-refractivity contribution >= 4 is 6.03 Å². The standard InChI is InChI=1S/C27H41N3O4/c1-25-10-7-19(30-24(32)29-14-13-28)15-18(25)4-5-22-21(25)8-11-26(2)20(9-12-27(22,26)33)17-3-6-23(31)34-16-17/h3,6,16,18-22,33H,4-5,7-15,28H2,1-2H3,(H2,29,30,32)/t18-,19+,20-,21+,22-,25+,26-,27+/m1/s1. The van der Waals surface area contributed by atoms with Crippen LogP contribution in [0.15, 0.2) is 27.6 Å². The highest BCUT2D eigenvalue weighted by molar-refractivity contribution is 5.74. The van der Waals surface area contributed by atoms with Gasteiger partial charge in [-0.05, 0) is 98.5 Å². The van der Waals surface area contributed by atoms with Crippen molar-refractivity contribution in [2.75, 3.05) is 13.1 Å². The second-order valence-corrected chi connectivity index (χ2v) is 12.0.